The quantitative estimate of drug-likeness (QED) is 0.214. The fraction of sp³-hybridized carbons (Fsp3) is 0.190. The molecule has 3 rings (SSSR count). The molecule has 0 saturated carbocycles. The standard InChI is InChI=1S/C21H20F4N5O5P/c1-26-19(31)12-5-3-4-6-15(12)28-18-13(21(23,24)25)9-27-20(30-18)29-17-14(22)7-11(8-16(17)35-2)10-36(32,33)34/h3-9H,10H2,1-2H3,(H,26,31)(H2,32,33,34)(H2,27,28,29,30). The van der Waals surface area contributed by atoms with Gasteiger partial charge in [0.15, 0.2) is 5.82 Å². The van der Waals surface area contributed by atoms with E-state index in [9.17, 15) is 26.9 Å². The second-order valence-electron chi connectivity index (χ2n) is 7.31. The van der Waals surface area contributed by atoms with Gasteiger partial charge in [-0.05, 0) is 29.8 Å². The highest BCUT2D eigenvalue weighted by Gasteiger charge is 2.36. The maximum atomic E-state index is 14.8. The van der Waals surface area contributed by atoms with Crippen molar-refractivity contribution in [1.82, 2.24) is 15.3 Å². The van der Waals surface area contributed by atoms with E-state index >= 15 is 0 Å². The largest absolute Gasteiger partial charge is 0.494 e. The molecule has 0 atom stereocenters. The number of carbonyl (C=O) groups excluding carboxylic acids is 1. The van der Waals surface area contributed by atoms with Crippen LogP contribution in [-0.2, 0) is 16.9 Å². The lowest BCUT2D eigenvalue weighted by atomic mass is 10.1. The van der Waals surface area contributed by atoms with Gasteiger partial charge in [0.05, 0.1) is 24.5 Å². The van der Waals surface area contributed by atoms with Gasteiger partial charge in [-0.3, -0.25) is 9.36 Å². The van der Waals surface area contributed by atoms with Crippen LogP contribution in [0.5, 0.6) is 5.75 Å². The van der Waals surface area contributed by atoms with Crippen molar-refractivity contribution < 1.29 is 41.4 Å². The van der Waals surface area contributed by atoms with Gasteiger partial charge < -0.3 is 30.5 Å². The number of alkyl halides is 3. The molecule has 0 bridgehead atoms. The predicted molar refractivity (Wildman–Crippen MR) is 122 cm³/mol. The Kier molecular flexibility index (Phi) is 7.82. The molecule has 0 unspecified atom stereocenters. The Morgan fingerprint density at radius 3 is 2.47 bits per heavy atom. The van der Waals surface area contributed by atoms with Crippen molar-refractivity contribution in [2.24, 2.45) is 0 Å². The molecule has 0 aliphatic heterocycles. The van der Waals surface area contributed by atoms with Gasteiger partial charge in [0.2, 0.25) is 5.95 Å². The number of carbonyl (C=O) groups is 1. The third kappa shape index (κ3) is 6.47. The maximum absolute atomic E-state index is 14.8. The van der Waals surface area contributed by atoms with Gasteiger partial charge >= 0.3 is 13.8 Å². The van der Waals surface area contributed by atoms with Gasteiger partial charge in [-0.25, -0.2) is 9.37 Å². The van der Waals surface area contributed by atoms with Crippen LogP contribution in [0.1, 0.15) is 21.5 Å². The van der Waals surface area contributed by atoms with Crippen molar-refractivity contribution in [3.8, 4) is 5.75 Å². The third-order valence-electron chi connectivity index (χ3n) is 4.71. The van der Waals surface area contributed by atoms with Crippen LogP contribution in [0.25, 0.3) is 0 Å². The lowest BCUT2D eigenvalue weighted by molar-refractivity contribution is -0.137. The number of aromatic nitrogens is 2. The molecule has 0 fully saturated rings. The number of hydrogen-bond donors (Lipinski definition) is 5. The molecule has 36 heavy (non-hydrogen) atoms. The molecule has 1 aromatic heterocycles. The van der Waals surface area contributed by atoms with Gasteiger partial charge in [-0.1, -0.05) is 12.1 Å². The molecule has 0 spiro atoms. The third-order valence-corrected chi connectivity index (χ3v) is 5.48. The summed E-state index contributed by atoms with van der Waals surface area (Å²) in [5.74, 6) is -2.93. The number of anilines is 4. The molecule has 10 nitrogen and oxygen atoms in total. The number of methoxy groups -OCH3 is 1. The van der Waals surface area contributed by atoms with Gasteiger partial charge in [-0.15, -0.1) is 0 Å². The molecular formula is C21H20F4N5O5P. The summed E-state index contributed by atoms with van der Waals surface area (Å²) < 4.78 is 72.0. The highest BCUT2D eigenvalue weighted by Crippen LogP contribution is 2.42. The average Bonchev–Trinajstić information content (AvgIpc) is 2.78. The van der Waals surface area contributed by atoms with E-state index in [1.165, 1.54) is 31.3 Å². The van der Waals surface area contributed by atoms with Gasteiger partial charge in [0, 0.05) is 13.2 Å². The summed E-state index contributed by atoms with van der Waals surface area (Å²) in [5.41, 5.74) is -1.61. The van der Waals surface area contributed by atoms with E-state index in [-0.39, 0.29) is 28.3 Å². The number of nitrogens with zero attached hydrogens (tertiary/aromatic N) is 2. The fourth-order valence-electron chi connectivity index (χ4n) is 3.16. The minimum atomic E-state index is -4.87. The summed E-state index contributed by atoms with van der Waals surface area (Å²) in [6.45, 7) is 0. The second kappa shape index (κ2) is 10.5. The van der Waals surface area contributed by atoms with Crippen LogP contribution < -0.4 is 20.7 Å². The highest BCUT2D eigenvalue weighted by molar-refractivity contribution is 7.50. The smallest absolute Gasteiger partial charge is 0.421 e. The predicted octanol–water partition coefficient (Wildman–Crippen LogP) is 4.17. The van der Waals surface area contributed by atoms with Crippen LogP contribution in [0.4, 0.5) is 40.7 Å². The molecule has 1 heterocycles. The Balaban J connectivity index is 2.04. The normalized spacial score (nSPS) is 11.7. The first-order valence-electron chi connectivity index (χ1n) is 10.0. The molecule has 0 aliphatic carbocycles. The Bertz CT molecular complexity index is 1330. The van der Waals surface area contributed by atoms with Crippen molar-refractivity contribution in [3.05, 3.63) is 65.1 Å². The summed E-state index contributed by atoms with van der Waals surface area (Å²) >= 11 is 0. The van der Waals surface area contributed by atoms with Gasteiger partial charge in [0.25, 0.3) is 5.91 Å². The first kappa shape index (κ1) is 26.9. The van der Waals surface area contributed by atoms with Gasteiger partial charge in [0.1, 0.15) is 22.8 Å². The first-order valence-corrected chi connectivity index (χ1v) is 11.8. The number of nitrogens with one attached hydrogen (secondary N) is 3. The van der Waals surface area contributed by atoms with E-state index in [1.54, 1.807) is 0 Å². The van der Waals surface area contributed by atoms with Crippen molar-refractivity contribution >= 4 is 36.6 Å². The van der Waals surface area contributed by atoms with E-state index in [0.29, 0.717) is 6.20 Å². The van der Waals surface area contributed by atoms with Crippen LogP contribution in [-0.4, -0.2) is 39.8 Å². The monoisotopic (exact) mass is 529 g/mol. The zero-order valence-electron chi connectivity index (χ0n) is 18.7. The first-order chi connectivity index (χ1) is 16.8. The molecule has 15 heteroatoms. The molecule has 1 amide bonds. The number of rotatable bonds is 8. The lowest BCUT2D eigenvalue weighted by Gasteiger charge is -2.17. The molecule has 0 radical (unpaired) electrons. The molecule has 0 saturated heterocycles. The molecule has 2 aromatic carbocycles. The molecule has 192 valence electrons. The summed E-state index contributed by atoms with van der Waals surface area (Å²) in [7, 11) is -1.98. The van der Waals surface area contributed by atoms with Crippen LogP contribution in [0.15, 0.2) is 42.6 Å². The number of para-hydroxylation sites is 1. The van der Waals surface area contributed by atoms with Crippen molar-refractivity contribution in [2.45, 2.75) is 12.3 Å². The number of halogens is 4. The highest BCUT2D eigenvalue weighted by atomic mass is 31.2. The minimum Gasteiger partial charge on any atom is -0.494 e. The van der Waals surface area contributed by atoms with Crippen LogP contribution in [0.3, 0.4) is 0 Å². The summed E-state index contributed by atoms with van der Waals surface area (Å²) in [5, 5.41) is 7.30. The van der Waals surface area contributed by atoms with E-state index in [2.05, 4.69) is 25.9 Å². The number of amides is 1. The van der Waals surface area contributed by atoms with Crippen LogP contribution >= 0.6 is 7.60 Å². The van der Waals surface area contributed by atoms with Crippen LogP contribution in [0.2, 0.25) is 0 Å². The second-order valence-corrected chi connectivity index (χ2v) is 8.95. The minimum absolute atomic E-state index is 0.0255. The van der Waals surface area contributed by atoms with Crippen molar-refractivity contribution in [1.29, 1.82) is 0 Å². The molecule has 3 aromatic rings. The van der Waals surface area contributed by atoms with E-state index in [0.717, 1.165) is 19.2 Å². The summed E-state index contributed by atoms with van der Waals surface area (Å²) in [4.78, 5) is 37.8. The average molecular weight is 529 g/mol. The fourth-order valence-corrected chi connectivity index (χ4v) is 3.81. The maximum Gasteiger partial charge on any atom is 0.421 e. The van der Waals surface area contributed by atoms with E-state index < -0.39 is 49.0 Å². The summed E-state index contributed by atoms with van der Waals surface area (Å²) in [6, 6.07) is 7.80. The Morgan fingerprint density at radius 2 is 1.86 bits per heavy atom. The van der Waals surface area contributed by atoms with Crippen LogP contribution in [0, 0.1) is 5.82 Å². The molecule has 5 N–H and O–H groups in total. The number of ether oxygens (including phenoxy) is 1. The zero-order chi connectivity index (χ0) is 26.7. The van der Waals surface area contributed by atoms with Crippen molar-refractivity contribution in [2.75, 3.05) is 24.8 Å². The van der Waals surface area contributed by atoms with E-state index in [4.69, 9.17) is 14.5 Å². The zero-order valence-corrected chi connectivity index (χ0v) is 19.6. The Morgan fingerprint density at radius 1 is 1.17 bits per heavy atom. The lowest BCUT2D eigenvalue weighted by Crippen LogP contribution is -2.20. The van der Waals surface area contributed by atoms with Crippen molar-refractivity contribution in [3.63, 3.8) is 0 Å². The Labute approximate surface area is 201 Å². The summed E-state index contributed by atoms with van der Waals surface area (Å²) in [6.07, 6.45) is -5.14. The van der Waals surface area contributed by atoms with E-state index in [1.807, 2.05) is 0 Å². The van der Waals surface area contributed by atoms with Gasteiger partial charge in [-0.2, -0.15) is 18.2 Å². The molecular weight excluding hydrogens is 509 g/mol. The number of hydrogen-bond acceptors (Lipinski definition) is 7. The topological polar surface area (TPSA) is 146 Å². The Hall–Kier alpha value is -3.74. The molecule has 0 aliphatic rings. The number of benzene rings is 2. The SMILES string of the molecule is CNC(=O)c1ccccc1Nc1nc(Nc2c(F)cc(CP(=O)(O)O)cc2OC)ncc1C(F)(F)F.